The molecule has 168 valence electrons. The van der Waals surface area contributed by atoms with Crippen molar-refractivity contribution in [3.05, 3.63) is 59.1 Å². The van der Waals surface area contributed by atoms with E-state index in [9.17, 15) is 13.2 Å². The van der Waals surface area contributed by atoms with Gasteiger partial charge < -0.3 is 5.32 Å². The summed E-state index contributed by atoms with van der Waals surface area (Å²) in [7, 11) is -3.61. The molecule has 0 atom stereocenters. The maximum absolute atomic E-state index is 12.8. The molecule has 2 aromatic carbocycles. The number of rotatable bonds is 8. The number of carbonyl (C=O) groups excluding carboxylic acids is 1. The minimum atomic E-state index is -3.61. The van der Waals surface area contributed by atoms with Crippen LogP contribution in [0.5, 0.6) is 0 Å². The number of hydrogen-bond acceptors (Lipinski definition) is 7. The van der Waals surface area contributed by atoms with E-state index in [2.05, 4.69) is 20.8 Å². The maximum atomic E-state index is 12.8. The third-order valence-electron chi connectivity index (χ3n) is 4.92. The summed E-state index contributed by atoms with van der Waals surface area (Å²) in [6, 6.07) is 14.1. The van der Waals surface area contributed by atoms with Gasteiger partial charge in [0.25, 0.3) is 0 Å². The van der Waals surface area contributed by atoms with Crippen LogP contribution in [0, 0.1) is 0 Å². The molecule has 1 aliphatic rings. The predicted molar refractivity (Wildman–Crippen MR) is 122 cm³/mol. The second-order valence-corrected chi connectivity index (χ2v) is 10.5. The van der Waals surface area contributed by atoms with E-state index in [1.54, 1.807) is 4.68 Å². The van der Waals surface area contributed by atoms with Crippen molar-refractivity contribution in [1.29, 1.82) is 0 Å². The third-order valence-corrected chi connectivity index (χ3v) is 8.10. The van der Waals surface area contributed by atoms with E-state index in [1.807, 2.05) is 30.3 Å². The molecule has 3 aromatic rings. The number of thioether (sulfide) groups is 1. The third kappa shape index (κ3) is 5.29. The average molecular weight is 493 g/mol. The van der Waals surface area contributed by atoms with Crippen LogP contribution in [0.2, 0.25) is 5.02 Å². The Morgan fingerprint density at radius 3 is 2.62 bits per heavy atom. The Morgan fingerprint density at radius 2 is 1.88 bits per heavy atom. The minimum absolute atomic E-state index is 0.0363. The quantitative estimate of drug-likeness (QED) is 0.481. The standard InChI is InChI=1S/C20H21ClN6O3S2/c21-17-9-8-16(32(29,30)26-10-4-5-11-26)12-18(17)22-19(28)14-31-20-23-24-25-27(20)13-15-6-2-1-3-7-15/h1-3,6-9,12H,4-5,10-11,13-14H2,(H,22,28). The van der Waals surface area contributed by atoms with Gasteiger partial charge in [0.15, 0.2) is 0 Å². The first kappa shape index (κ1) is 22.7. The van der Waals surface area contributed by atoms with Gasteiger partial charge in [-0.3, -0.25) is 4.79 Å². The number of carbonyl (C=O) groups is 1. The van der Waals surface area contributed by atoms with E-state index in [-0.39, 0.29) is 27.3 Å². The second-order valence-electron chi connectivity index (χ2n) is 7.19. The molecular weight excluding hydrogens is 472 g/mol. The number of halogens is 1. The van der Waals surface area contributed by atoms with Crippen LogP contribution >= 0.6 is 23.4 Å². The lowest BCUT2D eigenvalue weighted by Crippen LogP contribution is -2.28. The van der Waals surface area contributed by atoms with Crippen molar-refractivity contribution in [2.24, 2.45) is 0 Å². The van der Waals surface area contributed by atoms with Crippen molar-refractivity contribution < 1.29 is 13.2 Å². The van der Waals surface area contributed by atoms with Gasteiger partial charge in [-0.25, -0.2) is 13.1 Å². The number of amides is 1. The number of anilines is 1. The van der Waals surface area contributed by atoms with Crippen molar-refractivity contribution >= 4 is 45.0 Å². The van der Waals surface area contributed by atoms with Crippen LogP contribution in [-0.4, -0.2) is 57.7 Å². The summed E-state index contributed by atoms with van der Waals surface area (Å²) in [4.78, 5) is 12.6. The van der Waals surface area contributed by atoms with E-state index in [4.69, 9.17) is 11.6 Å². The first-order valence-corrected chi connectivity index (χ1v) is 12.8. The fourth-order valence-electron chi connectivity index (χ4n) is 3.31. The molecule has 0 unspecified atom stereocenters. The Labute approximate surface area is 195 Å². The SMILES string of the molecule is O=C(CSc1nnnn1Cc1ccccc1)Nc1cc(S(=O)(=O)N2CCCC2)ccc1Cl. The van der Waals surface area contributed by atoms with E-state index in [1.165, 1.54) is 34.3 Å². The van der Waals surface area contributed by atoms with Crippen molar-refractivity contribution in [2.45, 2.75) is 29.4 Å². The highest BCUT2D eigenvalue weighted by Gasteiger charge is 2.27. The molecule has 0 radical (unpaired) electrons. The summed E-state index contributed by atoms with van der Waals surface area (Å²) in [6.07, 6.45) is 1.69. The molecule has 4 rings (SSSR count). The Hall–Kier alpha value is -2.47. The summed E-state index contributed by atoms with van der Waals surface area (Å²) < 4.78 is 28.7. The molecule has 9 nitrogen and oxygen atoms in total. The Bertz CT molecular complexity index is 1200. The van der Waals surface area contributed by atoms with Crippen LogP contribution in [0.25, 0.3) is 0 Å². The number of tetrazole rings is 1. The summed E-state index contributed by atoms with van der Waals surface area (Å²) in [5.41, 5.74) is 1.29. The Kier molecular flexibility index (Phi) is 7.09. The van der Waals surface area contributed by atoms with Crippen LogP contribution in [0.3, 0.4) is 0 Å². The highest BCUT2D eigenvalue weighted by atomic mass is 35.5. The highest BCUT2D eigenvalue weighted by Crippen LogP contribution is 2.28. The van der Waals surface area contributed by atoms with Crippen LogP contribution < -0.4 is 5.32 Å². The van der Waals surface area contributed by atoms with Gasteiger partial charge in [-0.1, -0.05) is 53.7 Å². The number of aromatic nitrogens is 4. The lowest BCUT2D eigenvalue weighted by Gasteiger charge is -2.16. The first-order valence-electron chi connectivity index (χ1n) is 9.96. The summed E-state index contributed by atoms with van der Waals surface area (Å²) in [6.45, 7) is 1.49. The van der Waals surface area contributed by atoms with Crippen molar-refractivity contribution in [1.82, 2.24) is 24.5 Å². The van der Waals surface area contributed by atoms with Gasteiger partial charge in [-0.15, -0.1) is 5.10 Å². The Morgan fingerprint density at radius 1 is 1.12 bits per heavy atom. The van der Waals surface area contributed by atoms with Gasteiger partial charge in [0.1, 0.15) is 0 Å². The molecule has 32 heavy (non-hydrogen) atoms. The van der Waals surface area contributed by atoms with Crippen LogP contribution in [-0.2, 0) is 21.4 Å². The van der Waals surface area contributed by atoms with Gasteiger partial charge >= 0.3 is 0 Å². The van der Waals surface area contributed by atoms with Crippen molar-refractivity contribution in [2.75, 3.05) is 24.2 Å². The van der Waals surface area contributed by atoms with Gasteiger partial charge in [-0.05, 0) is 47.0 Å². The first-order chi connectivity index (χ1) is 15.4. The topological polar surface area (TPSA) is 110 Å². The average Bonchev–Trinajstić information content (AvgIpc) is 3.47. The fraction of sp³-hybridized carbons (Fsp3) is 0.300. The molecule has 1 fully saturated rings. The molecular formula is C20H21ClN6O3S2. The number of hydrogen-bond donors (Lipinski definition) is 1. The molecule has 1 aliphatic heterocycles. The highest BCUT2D eigenvalue weighted by molar-refractivity contribution is 7.99. The van der Waals surface area contributed by atoms with Gasteiger partial charge in [0.05, 0.1) is 27.9 Å². The molecule has 2 heterocycles. The fourth-order valence-corrected chi connectivity index (χ4v) is 5.70. The molecule has 1 amide bonds. The van der Waals surface area contributed by atoms with E-state index >= 15 is 0 Å². The Balaban J connectivity index is 1.40. The zero-order chi connectivity index (χ0) is 22.6. The van der Waals surface area contributed by atoms with Gasteiger partial charge in [0, 0.05) is 13.1 Å². The number of nitrogens with one attached hydrogen (secondary N) is 1. The number of nitrogens with zero attached hydrogens (tertiary/aromatic N) is 5. The maximum Gasteiger partial charge on any atom is 0.243 e. The zero-order valence-corrected chi connectivity index (χ0v) is 19.4. The molecule has 0 aliphatic carbocycles. The second kappa shape index (κ2) is 9.99. The zero-order valence-electron chi connectivity index (χ0n) is 17.0. The monoisotopic (exact) mass is 492 g/mol. The molecule has 1 saturated heterocycles. The smallest absolute Gasteiger partial charge is 0.243 e. The summed E-state index contributed by atoms with van der Waals surface area (Å²) in [5.74, 6) is -0.309. The lowest BCUT2D eigenvalue weighted by molar-refractivity contribution is -0.113. The van der Waals surface area contributed by atoms with E-state index in [0.717, 1.165) is 18.4 Å². The molecule has 1 aromatic heterocycles. The van der Waals surface area contributed by atoms with Crippen LogP contribution in [0.15, 0.2) is 58.6 Å². The molecule has 0 saturated carbocycles. The van der Waals surface area contributed by atoms with E-state index < -0.39 is 10.0 Å². The summed E-state index contributed by atoms with van der Waals surface area (Å²) >= 11 is 7.38. The largest absolute Gasteiger partial charge is 0.324 e. The van der Waals surface area contributed by atoms with Gasteiger partial charge in [0.2, 0.25) is 21.1 Å². The van der Waals surface area contributed by atoms with Crippen molar-refractivity contribution in [3.63, 3.8) is 0 Å². The molecule has 1 N–H and O–H groups in total. The molecule has 0 bridgehead atoms. The lowest BCUT2D eigenvalue weighted by atomic mass is 10.2. The van der Waals surface area contributed by atoms with E-state index in [0.29, 0.717) is 24.8 Å². The minimum Gasteiger partial charge on any atom is -0.324 e. The van der Waals surface area contributed by atoms with Crippen molar-refractivity contribution in [3.8, 4) is 0 Å². The van der Waals surface area contributed by atoms with Crippen LogP contribution in [0.1, 0.15) is 18.4 Å². The number of sulfonamides is 1. The van der Waals surface area contributed by atoms with Crippen LogP contribution in [0.4, 0.5) is 5.69 Å². The van der Waals surface area contributed by atoms with Gasteiger partial charge in [-0.2, -0.15) is 4.31 Å². The number of benzene rings is 2. The predicted octanol–water partition coefficient (Wildman–Crippen LogP) is 2.89. The molecule has 0 spiro atoms. The normalized spacial score (nSPS) is 14.5. The summed E-state index contributed by atoms with van der Waals surface area (Å²) in [5, 5.41) is 15.1. The molecule has 12 heteroatoms.